The summed E-state index contributed by atoms with van der Waals surface area (Å²) in [4.78, 5) is 38.6. The molecule has 0 radical (unpaired) electrons. The number of nitro groups is 1. The maximum absolute atomic E-state index is 13.9. The van der Waals surface area contributed by atoms with E-state index in [1.54, 1.807) is 18.2 Å². The molecule has 0 saturated carbocycles. The molecular formula is C27H28Cl2N4O6S. The van der Waals surface area contributed by atoms with Gasteiger partial charge < -0.3 is 10.2 Å². The molecule has 0 saturated heterocycles. The van der Waals surface area contributed by atoms with Crippen molar-refractivity contribution in [2.45, 2.75) is 37.8 Å². The average Bonchev–Trinajstić information content (AvgIpc) is 2.94. The molecule has 10 nitrogen and oxygen atoms in total. The molecule has 40 heavy (non-hydrogen) atoms. The number of anilines is 1. The molecule has 1 N–H and O–H groups in total. The monoisotopic (exact) mass is 606 g/mol. The minimum atomic E-state index is -4.35. The van der Waals surface area contributed by atoms with Crippen molar-refractivity contribution in [1.29, 1.82) is 0 Å². The van der Waals surface area contributed by atoms with Gasteiger partial charge in [0.25, 0.3) is 15.7 Å². The van der Waals surface area contributed by atoms with E-state index in [0.717, 1.165) is 10.4 Å². The molecule has 0 aliphatic carbocycles. The van der Waals surface area contributed by atoms with Crippen LogP contribution in [0.4, 0.5) is 11.4 Å². The molecule has 212 valence electrons. The number of non-ortho nitro benzene ring substituents is 1. The molecule has 3 aromatic rings. The van der Waals surface area contributed by atoms with Crippen molar-refractivity contribution in [2.75, 3.05) is 17.4 Å². The maximum Gasteiger partial charge on any atom is 0.271 e. The number of nitrogens with one attached hydrogen (secondary N) is 1. The Hall–Kier alpha value is -3.67. The lowest BCUT2D eigenvalue weighted by atomic mass is 10.1. The second kappa shape index (κ2) is 13.6. The number of sulfonamides is 1. The van der Waals surface area contributed by atoms with Gasteiger partial charge in [-0.2, -0.15) is 0 Å². The third kappa shape index (κ3) is 7.50. The van der Waals surface area contributed by atoms with Crippen molar-refractivity contribution in [2.24, 2.45) is 0 Å². The number of nitro benzene ring substituents is 1. The molecular weight excluding hydrogens is 579 g/mol. The van der Waals surface area contributed by atoms with Gasteiger partial charge in [0.05, 0.1) is 15.5 Å². The summed E-state index contributed by atoms with van der Waals surface area (Å²) in [5, 5.41) is 14.8. The Morgan fingerprint density at radius 1 is 1.02 bits per heavy atom. The van der Waals surface area contributed by atoms with Gasteiger partial charge in [-0.15, -0.1) is 0 Å². The maximum atomic E-state index is 13.9. The summed E-state index contributed by atoms with van der Waals surface area (Å²) in [7, 11) is -4.35. The van der Waals surface area contributed by atoms with Crippen LogP contribution < -0.4 is 9.62 Å². The van der Waals surface area contributed by atoms with Gasteiger partial charge in [0.2, 0.25) is 11.8 Å². The van der Waals surface area contributed by atoms with E-state index >= 15 is 0 Å². The average molecular weight is 608 g/mol. The standard InChI is InChI=1S/C27H28Cl2N4O6S/c1-3-14-30-27(35)19(2)31(17-20-12-13-21(28)15-25(20)29)26(34)18-32(22-8-7-9-23(16-22)33(36)37)40(38,39)24-10-5-4-6-11-24/h4-13,15-16,19H,3,14,17-18H2,1-2H3,(H,30,35). The second-order valence-corrected chi connectivity index (χ2v) is 11.5. The lowest BCUT2D eigenvalue weighted by Gasteiger charge is -2.32. The van der Waals surface area contributed by atoms with Crippen LogP contribution in [-0.4, -0.2) is 49.2 Å². The van der Waals surface area contributed by atoms with Crippen LogP contribution in [0.5, 0.6) is 0 Å². The largest absolute Gasteiger partial charge is 0.354 e. The molecule has 0 aliphatic heterocycles. The number of rotatable bonds is 12. The SMILES string of the molecule is CCCNC(=O)C(C)N(Cc1ccc(Cl)cc1Cl)C(=O)CN(c1cccc([N+](=O)[O-])c1)S(=O)(=O)c1ccccc1. The van der Waals surface area contributed by atoms with E-state index in [9.17, 15) is 28.1 Å². The van der Waals surface area contributed by atoms with E-state index in [0.29, 0.717) is 23.6 Å². The lowest BCUT2D eigenvalue weighted by molar-refractivity contribution is -0.384. The van der Waals surface area contributed by atoms with Crippen LogP contribution >= 0.6 is 23.2 Å². The minimum Gasteiger partial charge on any atom is -0.354 e. The van der Waals surface area contributed by atoms with Crippen molar-refractivity contribution in [3.05, 3.63) is 98.5 Å². The van der Waals surface area contributed by atoms with Crippen LogP contribution in [0.3, 0.4) is 0 Å². The molecule has 0 aliphatic rings. The van der Waals surface area contributed by atoms with Gasteiger partial charge in [0.1, 0.15) is 12.6 Å². The van der Waals surface area contributed by atoms with Gasteiger partial charge in [-0.3, -0.25) is 24.0 Å². The van der Waals surface area contributed by atoms with E-state index < -0.39 is 39.3 Å². The van der Waals surface area contributed by atoms with Crippen molar-refractivity contribution >= 4 is 56.4 Å². The van der Waals surface area contributed by atoms with Crippen molar-refractivity contribution in [1.82, 2.24) is 10.2 Å². The molecule has 13 heteroatoms. The van der Waals surface area contributed by atoms with Gasteiger partial charge in [0, 0.05) is 35.3 Å². The first-order valence-corrected chi connectivity index (χ1v) is 14.5. The van der Waals surface area contributed by atoms with Crippen LogP contribution in [-0.2, 0) is 26.2 Å². The normalized spacial score (nSPS) is 11.9. The molecule has 0 bridgehead atoms. The Kier molecular flexibility index (Phi) is 10.5. The summed E-state index contributed by atoms with van der Waals surface area (Å²) in [6.45, 7) is 2.93. The highest BCUT2D eigenvalue weighted by atomic mass is 35.5. The number of amides is 2. The Labute approximate surface area is 242 Å². The van der Waals surface area contributed by atoms with E-state index in [1.165, 1.54) is 60.4 Å². The Bertz CT molecular complexity index is 1490. The van der Waals surface area contributed by atoms with Crippen LogP contribution in [0.25, 0.3) is 0 Å². The van der Waals surface area contributed by atoms with Crippen molar-refractivity contribution < 1.29 is 22.9 Å². The molecule has 0 aromatic heterocycles. The third-order valence-corrected chi connectivity index (χ3v) is 8.39. The lowest BCUT2D eigenvalue weighted by Crippen LogP contribution is -2.51. The van der Waals surface area contributed by atoms with Crippen molar-refractivity contribution in [3.63, 3.8) is 0 Å². The summed E-state index contributed by atoms with van der Waals surface area (Å²) in [6.07, 6.45) is 0.672. The van der Waals surface area contributed by atoms with Crippen LogP contribution in [0, 0.1) is 10.1 Å². The summed E-state index contributed by atoms with van der Waals surface area (Å²) < 4.78 is 28.3. The summed E-state index contributed by atoms with van der Waals surface area (Å²) in [5.74, 6) is -1.16. The summed E-state index contributed by atoms with van der Waals surface area (Å²) >= 11 is 12.4. The minimum absolute atomic E-state index is 0.0843. The smallest absolute Gasteiger partial charge is 0.271 e. The highest BCUT2D eigenvalue weighted by Gasteiger charge is 2.33. The van der Waals surface area contributed by atoms with Crippen LogP contribution in [0.1, 0.15) is 25.8 Å². The first kappa shape index (κ1) is 30.9. The number of hydrogen-bond donors (Lipinski definition) is 1. The van der Waals surface area contributed by atoms with Crippen LogP contribution in [0.15, 0.2) is 77.7 Å². The first-order valence-electron chi connectivity index (χ1n) is 12.3. The Morgan fingerprint density at radius 2 is 1.73 bits per heavy atom. The summed E-state index contributed by atoms with van der Waals surface area (Å²) in [5.41, 5.74) is 0.0525. The van der Waals surface area contributed by atoms with Gasteiger partial charge in [-0.05, 0) is 49.2 Å². The zero-order valence-corrected chi connectivity index (χ0v) is 24.1. The van der Waals surface area contributed by atoms with Gasteiger partial charge in [-0.1, -0.05) is 60.5 Å². The van der Waals surface area contributed by atoms with Crippen molar-refractivity contribution in [3.8, 4) is 0 Å². The molecule has 3 rings (SSSR count). The number of carbonyl (C=O) groups excluding carboxylic acids is 2. The predicted molar refractivity (Wildman–Crippen MR) is 154 cm³/mol. The number of halogens is 2. The topological polar surface area (TPSA) is 130 Å². The number of nitrogens with zero attached hydrogens (tertiary/aromatic N) is 3. The highest BCUT2D eigenvalue weighted by molar-refractivity contribution is 7.92. The Balaban J connectivity index is 2.07. The molecule has 2 amide bonds. The van der Waals surface area contributed by atoms with E-state index in [2.05, 4.69) is 5.32 Å². The zero-order chi connectivity index (χ0) is 29.4. The van der Waals surface area contributed by atoms with Gasteiger partial charge in [0.15, 0.2) is 0 Å². The summed E-state index contributed by atoms with van der Waals surface area (Å²) in [6, 6.07) is 16.1. The molecule has 0 spiro atoms. The molecule has 1 atom stereocenters. The number of benzene rings is 3. The highest BCUT2D eigenvalue weighted by Crippen LogP contribution is 2.28. The van der Waals surface area contributed by atoms with Crippen LogP contribution in [0.2, 0.25) is 10.0 Å². The fraction of sp³-hybridized carbons (Fsp3) is 0.259. The molecule has 0 fully saturated rings. The first-order chi connectivity index (χ1) is 18.9. The van der Waals surface area contributed by atoms with Gasteiger partial charge >= 0.3 is 0 Å². The number of hydrogen-bond acceptors (Lipinski definition) is 6. The van der Waals surface area contributed by atoms with Gasteiger partial charge in [-0.25, -0.2) is 8.42 Å². The van der Waals surface area contributed by atoms with E-state index in [-0.39, 0.29) is 27.8 Å². The van der Waals surface area contributed by atoms with E-state index in [1.807, 2.05) is 6.92 Å². The molecule has 1 unspecified atom stereocenters. The second-order valence-electron chi connectivity index (χ2n) is 8.83. The number of carbonyl (C=O) groups is 2. The third-order valence-electron chi connectivity index (χ3n) is 6.01. The molecule has 0 heterocycles. The quantitative estimate of drug-likeness (QED) is 0.227. The Morgan fingerprint density at radius 3 is 2.35 bits per heavy atom. The zero-order valence-electron chi connectivity index (χ0n) is 21.8. The fourth-order valence-electron chi connectivity index (χ4n) is 3.82. The fourth-order valence-corrected chi connectivity index (χ4v) is 5.72. The predicted octanol–water partition coefficient (Wildman–Crippen LogP) is 5.04. The van der Waals surface area contributed by atoms with E-state index in [4.69, 9.17) is 23.2 Å². The molecule has 3 aromatic carbocycles.